The molecule has 14 heavy (non-hydrogen) atoms. The van der Waals surface area contributed by atoms with E-state index in [0.29, 0.717) is 5.56 Å². The van der Waals surface area contributed by atoms with Crippen LogP contribution < -0.4 is 0 Å². The van der Waals surface area contributed by atoms with Gasteiger partial charge in [-0.25, -0.2) is 4.79 Å². The molecule has 1 aliphatic heterocycles. The molecule has 0 saturated carbocycles. The lowest BCUT2D eigenvalue weighted by atomic mass is 10.1. The van der Waals surface area contributed by atoms with E-state index in [0.717, 1.165) is 30.6 Å². The van der Waals surface area contributed by atoms with Gasteiger partial charge in [-0.1, -0.05) is 6.42 Å². The highest BCUT2D eigenvalue weighted by Gasteiger charge is 2.19. The van der Waals surface area contributed by atoms with Gasteiger partial charge in [0, 0.05) is 18.4 Å². The molecule has 76 valence electrons. The molecule has 0 atom stereocenters. The van der Waals surface area contributed by atoms with E-state index in [-0.39, 0.29) is 0 Å². The first-order chi connectivity index (χ1) is 6.70. The molecule has 0 saturated heterocycles. The third-order valence-corrected chi connectivity index (χ3v) is 2.91. The van der Waals surface area contributed by atoms with Gasteiger partial charge in [-0.2, -0.15) is 0 Å². The lowest BCUT2D eigenvalue weighted by molar-refractivity contribution is 0.0695. The number of aryl methyl sites for hydroxylation is 2. The van der Waals surface area contributed by atoms with Crippen molar-refractivity contribution >= 4 is 5.97 Å². The molecule has 1 aromatic rings. The number of rotatable bonds is 1. The number of carboxylic acids is 1. The van der Waals surface area contributed by atoms with E-state index < -0.39 is 5.97 Å². The molecule has 0 aromatic carbocycles. The van der Waals surface area contributed by atoms with E-state index in [4.69, 9.17) is 5.11 Å². The van der Waals surface area contributed by atoms with Crippen LogP contribution in [-0.4, -0.2) is 15.6 Å². The van der Waals surface area contributed by atoms with Gasteiger partial charge in [0.2, 0.25) is 0 Å². The second kappa shape index (κ2) is 3.48. The Morgan fingerprint density at radius 3 is 2.93 bits per heavy atom. The minimum Gasteiger partial charge on any atom is -0.478 e. The molecule has 1 aliphatic rings. The third-order valence-electron chi connectivity index (χ3n) is 2.91. The quantitative estimate of drug-likeness (QED) is 0.743. The summed E-state index contributed by atoms with van der Waals surface area (Å²) >= 11 is 0. The van der Waals surface area contributed by atoms with Crippen molar-refractivity contribution < 1.29 is 9.90 Å². The summed E-state index contributed by atoms with van der Waals surface area (Å²) in [4.78, 5) is 11.1. The monoisotopic (exact) mass is 193 g/mol. The standard InChI is InChI=1S/C11H15NO2/c1-8-7-12-6-4-2-3-5-9(12)10(8)11(13)14/h7H,2-6H2,1H3,(H,13,14). The van der Waals surface area contributed by atoms with Crippen LogP contribution in [0.5, 0.6) is 0 Å². The van der Waals surface area contributed by atoms with Crippen LogP contribution in [0.1, 0.15) is 40.9 Å². The van der Waals surface area contributed by atoms with Crippen molar-refractivity contribution in [1.82, 2.24) is 4.57 Å². The third kappa shape index (κ3) is 1.43. The van der Waals surface area contributed by atoms with Crippen molar-refractivity contribution in [3.63, 3.8) is 0 Å². The van der Waals surface area contributed by atoms with Crippen LogP contribution in [0.3, 0.4) is 0 Å². The second-order valence-corrected chi connectivity index (χ2v) is 3.94. The SMILES string of the molecule is Cc1cn2c(c1C(=O)O)CCCCC2. The van der Waals surface area contributed by atoms with Crippen molar-refractivity contribution in [3.05, 3.63) is 23.0 Å². The Labute approximate surface area is 83.4 Å². The normalized spacial score (nSPS) is 16.1. The second-order valence-electron chi connectivity index (χ2n) is 3.94. The fraction of sp³-hybridized carbons (Fsp3) is 0.545. The van der Waals surface area contributed by atoms with Crippen LogP contribution >= 0.6 is 0 Å². The number of nitrogens with zero attached hydrogens (tertiary/aromatic N) is 1. The topological polar surface area (TPSA) is 42.2 Å². The molecule has 0 aliphatic carbocycles. The molecule has 0 fully saturated rings. The van der Waals surface area contributed by atoms with E-state index in [1.807, 2.05) is 13.1 Å². The average molecular weight is 193 g/mol. The average Bonchev–Trinajstić information content (AvgIpc) is 2.31. The molecule has 0 radical (unpaired) electrons. The maximum atomic E-state index is 11.1. The van der Waals surface area contributed by atoms with Crippen molar-refractivity contribution in [3.8, 4) is 0 Å². The van der Waals surface area contributed by atoms with Crippen molar-refractivity contribution in [2.75, 3.05) is 0 Å². The summed E-state index contributed by atoms with van der Waals surface area (Å²) in [5, 5.41) is 9.09. The van der Waals surface area contributed by atoms with Crippen LogP contribution in [0.25, 0.3) is 0 Å². The van der Waals surface area contributed by atoms with E-state index >= 15 is 0 Å². The predicted octanol–water partition coefficient (Wildman–Crippen LogP) is 2.22. The van der Waals surface area contributed by atoms with Crippen LogP contribution in [0.15, 0.2) is 6.20 Å². The fourth-order valence-corrected chi connectivity index (χ4v) is 2.26. The maximum absolute atomic E-state index is 11.1. The van der Waals surface area contributed by atoms with Gasteiger partial charge in [0.15, 0.2) is 0 Å². The number of hydrogen-bond acceptors (Lipinski definition) is 1. The van der Waals surface area contributed by atoms with Gasteiger partial charge in [-0.05, 0) is 31.7 Å². The lowest BCUT2D eigenvalue weighted by Gasteiger charge is -2.03. The zero-order valence-electron chi connectivity index (χ0n) is 8.42. The summed E-state index contributed by atoms with van der Waals surface area (Å²) in [6, 6.07) is 0. The molecule has 3 heteroatoms. The summed E-state index contributed by atoms with van der Waals surface area (Å²) < 4.78 is 2.12. The number of carboxylic acid groups (broad SMARTS) is 1. The smallest absolute Gasteiger partial charge is 0.337 e. The Bertz CT molecular complexity index is 366. The molecule has 1 aromatic heterocycles. The summed E-state index contributed by atoms with van der Waals surface area (Å²) in [5.74, 6) is -0.779. The Morgan fingerprint density at radius 2 is 2.21 bits per heavy atom. The predicted molar refractivity (Wildman–Crippen MR) is 53.7 cm³/mol. The number of carbonyl (C=O) groups is 1. The van der Waals surface area contributed by atoms with Crippen LogP contribution in [0.4, 0.5) is 0 Å². The molecule has 0 amide bonds. The number of aromatic carboxylic acids is 1. The summed E-state index contributed by atoms with van der Waals surface area (Å²) in [6.45, 7) is 2.86. The van der Waals surface area contributed by atoms with Gasteiger partial charge < -0.3 is 9.67 Å². The van der Waals surface area contributed by atoms with E-state index in [9.17, 15) is 4.79 Å². The van der Waals surface area contributed by atoms with E-state index in [1.54, 1.807) is 0 Å². The number of hydrogen-bond donors (Lipinski definition) is 1. The fourth-order valence-electron chi connectivity index (χ4n) is 2.26. The number of aromatic nitrogens is 1. The summed E-state index contributed by atoms with van der Waals surface area (Å²) in [7, 11) is 0. The van der Waals surface area contributed by atoms with Crippen molar-refractivity contribution in [1.29, 1.82) is 0 Å². The first-order valence-electron chi connectivity index (χ1n) is 5.12. The Kier molecular flexibility index (Phi) is 2.32. The van der Waals surface area contributed by atoms with E-state index in [2.05, 4.69) is 4.57 Å². The minimum absolute atomic E-state index is 0.534. The molecular formula is C11H15NO2. The van der Waals surface area contributed by atoms with Gasteiger partial charge in [-0.3, -0.25) is 0 Å². The molecule has 2 heterocycles. The van der Waals surface area contributed by atoms with Crippen LogP contribution in [0.2, 0.25) is 0 Å². The Morgan fingerprint density at radius 1 is 1.43 bits per heavy atom. The molecule has 1 N–H and O–H groups in total. The number of fused-ring (bicyclic) bond motifs is 1. The van der Waals surface area contributed by atoms with Crippen molar-refractivity contribution in [2.45, 2.75) is 39.2 Å². The Hall–Kier alpha value is -1.25. The van der Waals surface area contributed by atoms with Gasteiger partial charge in [-0.15, -0.1) is 0 Å². The highest BCUT2D eigenvalue weighted by molar-refractivity contribution is 5.90. The molecule has 3 nitrogen and oxygen atoms in total. The molecule has 0 bridgehead atoms. The largest absolute Gasteiger partial charge is 0.478 e. The molecular weight excluding hydrogens is 178 g/mol. The molecule has 2 rings (SSSR count). The van der Waals surface area contributed by atoms with E-state index in [1.165, 1.54) is 12.8 Å². The molecule has 0 unspecified atom stereocenters. The zero-order chi connectivity index (χ0) is 10.1. The highest BCUT2D eigenvalue weighted by Crippen LogP contribution is 2.23. The minimum atomic E-state index is -0.779. The van der Waals surface area contributed by atoms with Crippen LogP contribution in [-0.2, 0) is 13.0 Å². The lowest BCUT2D eigenvalue weighted by Crippen LogP contribution is -2.05. The van der Waals surface area contributed by atoms with Crippen molar-refractivity contribution in [2.24, 2.45) is 0 Å². The first kappa shape index (κ1) is 9.31. The zero-order valence-corrected chi connectivity index (χ0v) is 8.42. The van der Waals surface area contributed by atoms with Gasteiger partial charge in [0.1, 0.15) is 0 Å². The first-order valence-corrected chi connectivity index (χ1v) is 5.12. The summed E-state index contributed by atoms with van der Waals surface area (Å²) in [5.41, 5.74) is 2.45. The van der Waals surface area contributed by atoms with Gasteiger partial charge >= 0.3 is 5.97 Å². The Balaban J connectivity index is 2.49. The summed E-state index contributed by atoms with van der Waals surface area (Å²) in [6.07, 6.45) is 6.38. The van der Waals surface area contributed by atoms with Gasteiger partial charge in [0.05, 0.1) is 5.56 Å². The molecule has 0 spiro atoms. The highest BCUT2D eigenvalue weighted by atomic mass is 16.4. The van der Waals surface area contributed by atoms with Gasteiger partial charge in [0.25, 0.3) is 0 Å². The van der Waals surface area contributed by atoms with Crippen LogP contribution in [0, 0.1) is 6.92 Å². The maximum Gasteiger partial charge on any atom is 0.337 e.